The monoisotopic (exact) mass is 368 g/mol. The van der Waals surface area contributed by atoms with E-state index >= 15 is 0 Å². The molecule has 0 radical (unpaired) electrons. The summed E-state index contributed by atoms with van der Waals surface area (Å²) in [5.41, 5.74) is 1.71. The average molecular weight is 368 g/mol. The average Bonchev–Trinajstić information content (AvgIpc) is 3.34. The number of methoxy groups -OCH3 is 1. The zero-order chi connectivity index (χ0) is 18.6. The minimum atomic E-state index is -0.259. The van der Waals surface area contributed by atoms with Gasteiger partial charge in [0.1, 0.15) is 11.6 Å². The van der Waals surface area contributed by atoms with Crippen LogP contribution in [-0.4, -0.2) is 41.9 Å². The number of pyridine rings is 1. The molecule has 27 heavy (non-hydrogen) atoms. The topological polar surface area (TPSA) is 64.3 Å². The normalized spacial score (nSPS) is 16.8. The van der Waals surface area contributed by atoms with E-state index in [4.69, 9.17) is 9.26 Å². The number of halogens is 1. The summed E-state index contributed by atoms with van der Waals surface area (Å²) in [6, 6.07) is 10.2. The molecule has 3 heterocycles. The molecule has 1 aliphatic heterocycles. The molecule has 0 bridgehead atoms. The van der Waals surface area contributed by atoms with Gasteiger partial charge in [-0.15, -0.1) is 0 Å². The lowest BCUT2D eigenvalue weighted by atomic mass is 10.1. The van der Waals surface area contributed by atoms with E-state index in [-0.39, 0.29) is 5.82 Å². The zero-order valence-corrected chi connectivity index (χ0v) is 15.1. The maximum atomic E-state index is 13.0. The number of anilines is 1. The second-order valence-corrected chi connectivity index (χ2v) is 6.78. The molecular weight excluding hydrogens is 347 g/mol. The van der Waals surface area contributed by atoms with Gasteiger partial charge in [0, 0.05) is 38.7 Å². The van der Waals surface area contributed by atoms with Crippen molar-refractivity contribution >= 4 is 5.82 Å². The first-order chi connectivity index (χ1) is 13.2. The van der Waals surface area contributed by atoms with Crippen LogP contribution in [0.3, 0.4) is 0 Å². The number of hydrogen-bond acceptors (Lipinski definition) is 6. The lowest BCUT2D eigenvalue weighted by Gasteiger charge is -2.17. The SMILES string of the molecule is COC[C@H]1CCN(c2ccc(-c3nc(Cc4ccc(F)cc4)no3)cn2)C1. The molecule has 7 heteroatoms. The molecule has 1 aromatic carbocycles. The Morgan fingerprint density at radius 1 is 1.22 bits per heavy atom. The van der Waals surface area contributed by atoms with Crippen LogP contribution in [0, 0.1) is 11.7 Å². The highest BCUT2D eigenvalue weighted by atomic mass is 19.1. The molecule has 3 aromatic rings. The van der Waals surface area contributed by atoms with E-state index in [1.165, 1.54) is 12.1 Å². The molecule has 0 spiro atoms. The van der Waals surface area contributed by atoms with Crippen LogP contribution in [0.4, 0.5) is 10.2 Å². The van der Waals surface area contributed by atoms with Gasteiger partial charge in [0.15, 0.2) is 5.82 Å². The van der Waals surface area contributed by atoms with E-state index in [9.17, 15) is 4.39 Å². The van der Waals surface area contributed by atoms with Crippen LogP contribution in [-0.2, 0) is 11.2 Å². The third-order valence-corrected chi connectivity index (χ3v) is 4.75. The van der Waals surface area contributed by atoms with E-state index in [1.54, 1.807) is 25.4 Å². The molecule has 2 aromatic heterocycles. The minimum Gasteiger partial charge on any atom is -0.384 e. The maximum Gasteiger partial charge on any atom is 0.259 e. The van der Waals surface area contributed by atoms with Crippen molar-refractivity contribution < 1.29 is 13.7 Å². The Hall–Kier alpha value is -2.80. The van der Waals surface area contributed by atoms with Crippen molar-refractivity contribution in [3.05, 3.63) is 59.8 Å². The Morgan fingerprint density at radius 2 is 2.07 bits per heavy atom. The molecule has 0 saturated carbocycles. The third kappa shape index (κ3) is 4.14. The summed E-state index contributed by atoms with van der Waals surface area (Å²) in [7, 11) is 1.74. The number of benzene rings is 1. The molecule has 0 N–H and O–H groups in total. The highest BCUT2D eigenvalue weighted by Crippen LogP contribution is 2.24. The van der Waals surface area contributed by atoms with Crippen molar-refractivity contribution in [2.24, 2.45) is 5.92 Å². The predicted molar refractivity (Wildman–Crippen MR) is 98.9 cm³/mol. The molecule has 0 unspecified atom stereocenters. The molecule has 1 fully saturated rings. The van der Waals surface area contributed by atoms with Crippen molar-refractivity contribution in [3.8, 4) is 11.5 Å². The lowest BCUT2D eigenvalue weighted by Crippen LogP contribution is -2.21. The highest BCUT2D eigenvalue weighted by molar-refractivity contribution is 5.55. The fraction of sp³-hybridized carbons (Fsp3) is 0.350. The van der Waals surface area contributed by atoms with Gasteiger partial charge in [-0.05, 0) is 36.2 Å². The predicted octanol–water partition coefficient (Wildman–Crippen LogP) is 3.33. The molecule has 0 aliphatic carbocycles. The second-order valence-electron chi connectivity index (χ2n) is 6.78. The number of ether oxygens (including phenoxy) is 1. The summed E-state index contributed by atoms with van der Waals surface area (Å²) in [6.07, 6.45) is 3.37. The van der Waals surface area contributed by atoms with Gasteiger partial charge in [-0.25, -0.2) is 9.37 Å². The summed E-state index contributed by atoms with van der Waals surface area (Å²) in [5, 5.41) is 4.01. The van der Waals surface area contributed by atoms with Gasteiger partial charge in [-0.3, -0.25) is 0 Å². The zero-order valence-electron chi connectivity index (χ0n) is 15.1. The highest BCUT2D eigenvalue weighted by Gasteiger charge is 2.23. The smallest absolute Gasteiger partial charge is 0.259 e. The van der Waals surface area contributed by atoms with E-state index in [1.807, 2.05) is 12.1 Å². The van der Waals surface area contributed by atoms with Gasteiger partial charge in [-0.2, -0.15) is 4.98 Å². The Labute approximate surface area is 157 Å². The van der Waals surface area contributed by atoms with Gasteiger partial charge in [0.05, 0.1) is 12.2 Å². The third-order valence-electron chi connectivity index (χ3n) is 4.75. The minimum absolute atomic E-state index is 0.259. The Kier molecular flexibility index (Phi) is 5.11. The van der Waals surface area contributed by atoms with Crippen molar-refractivity contribution in [2.75, 3.05) is 31.7 Å². The van der Waals surface area contributed by atoms with Gasteiger partial charge >= 0.3 is 0 Å². The van der Waals surface area contributed by atoms with Crippen molar-refractivity contribution in [1.82, 2.24) is 15.1 Å². The van der Waals surface area contributed by atoms with E-state index in [0.29, 0.717) is 24.1 Å². The fourth-order valence-electron chi connectivity index (χ4n) is 3.34. The van der Waals surface area contributed by atoms with Crippen LogP contribution in [0.2, 0.25) is 0 Å². The molecule has 1 saturated heterocycles. The first-order valence-electron chi connectivity index (χ1n) is 8.98. The van der Waals surface area contributed by atoms with Crippen LogP contribution < -0.4 is 4.90 Å². The Morgan fingerprint density at radius 3 is 2.81 bits per heavy atom. The number of nitrogens with zero attached hydrogens (tertiary/aromatic N) is 4. The molecule has 6 nitrogen and oxygen atoms in total. The standard InChI is InChI=1S/C20H21FN4O2/c1-26-13-15-8-9-25(12-15)19-7-4-16(11-22-19)20-23-18(24-27-20)10-14-2-5-17(21)6-3-14/h2-7,11,15H,8-10,12-13H2,1H3/t15-/m0/s1. The maximum absolute atomic E-state index is 13.0. The van der Waals surface area contributed by atoms with Crippen LogP contribution in [0.15, 0.2) is 47.1 Å². The van der Waals surface area contributed by atoms with Gasteiger partial charge in [0.2, 0.25) is 0 Å². The lowest BCUT2D eigenvalue weighted by molar-refractivity contribution is 0.161. The first-order valence-corrected chi connectivity index (χ1v) is 8.98. The number of aromatic nitrogens is 3. The van der Waals surface area contributed by atoms with E-state index < -0.39 is 0 Å². The summed E-state index contributed by atoms with van der Waals surface area (Å²) >= 11 is 0. The van der Waals surface area contributed by atoms with Crippen LogP contribution in [0.25, 0.3) is 11.5 Å². The Balaban J connectivity index is 1.42. The van der Waals surface area contributed by atoms with Crippen LogP contribution >= 0.6 is 0 Å². The summed E-state index contributed by atoms with van der Waals surface area (Å²) in [5.74, 6) is 2.24. The van der Waals surface area contributed by atoms with Crippen molar-refractivity contribution in [1.29, 1.82) is 0 Å². The van der Waals surface area contributed by atoms with Gasteiger partial charge < -0.3 is 14.2 Å². The van der Waals surface area contributed by atoms with E-state index in [0.717, 1.165) is 43.1 Å². The van der Waals surface area contributed by atoms with Crippen molar-refractivity contribution in [3.63, 3.8) is 0 Å². The summed E-state index contributed by atoms with van der Waals surface area (Å²) < 4.78 is 23.6. The quantitative estimate of drug-likeness (QED) is 0.665. The second kappa shape index (κ2) is 7.84. The van der Waals surface area contributed by atoms with E-state index in [2.05, 4.69) is 20.0 Å². The number of rotatable bonds is 6. The largest absolute Gasteiger partial charge is 0.384 e. The molecule has 1 aliphatic rings. The van der Waals surface area contributed by atoms with Gasteiger partial charge in [-0.1, -0.05) is 17.3 Å². The summed E-state index contributed by atoms with van der Waals surface area (Å²) in [4.78, 5) is 11.2. The summed E-state index contributed by atoms with van der Waals surface area (Å²) in [6.45, 7) is 2.73. The first kappa shape index (κ1) is 17.6. The molecule has 1 atom stereocenters. The molecule has 140 valence electrons. The molecule has 4 rings (SSSR count). The molecule has 0 amide bonds. The molecular formula is C20H21FN4O2. The fourth-order valence-corrected chi connectivity index (χ4v) is 3.34. The van der Waals surface area contributed by atoms with Crippen LogP contribution in [0.5, 0.6) is 0 Å². The van der Waals surface area contributed by atoms with Gasteiger partial charge in [0.25, 0.3) is 5.89 Å². The Bertz CT molecular complexity index is 880. The van der Waals surface area contributed by atoms with Crippen molar-refractivity contribution in [2.45, 2.75) is 12.8 Å². The van der Waals surface area contributed by atoms with Crippen LogP contribution in [0.1, 0.15) is 17.8 Å². The number of hydrogen-bond donors (Lipinski definition) is 0.